The summed E-state index contributed by atoms with van der Waals surface area (Å²) in [7, 11) is 1.96. The van der Waals surface area contributed by atoms with Gasteiger partial charge < -0.3 is 9.67 Å². The highest BCUT2D eigenvalue weighted by atomic mass is 16.4. The minimum Gasteiger partial charge on any atom is -0.478 e. The fourth-order valence-corrected chi connectivity index (χ4v) is 1.82. The van der Waals surface area contributed by atoms with Gasteiger partial charge in [0.25, 0.3) is 0 Å². The molecule has 0 fully saturated rings. The molecular formula is C13H13NO2. The molecule has 1 heterocycles. The molecule has 0 unspecified atom stereocenters. The van der Waals surface area contributed by atoms with Gasteiger partial charge in [-0.1, -0.05) is 12.1 Å². The summed E-state index contributed by atoms with van der Waals surface area (Å²) in [5.41, 5.74) is 3.24. The smallest absolute Gasteiger partial charge is 0.328 e. The molecule has 3 nitrogen and oxygen atoms in total. The topological polar surface area (TPSA) is 42.2 Å². The quantitative estimate of drug-likeness (QED) is 0.782. The van der Waals surface area contributed by atoms with E-state index in [-0.39, 0.29) is 0 Å². The first-order valence-electron chi connectivity index (χ1n) is 5.04. The van der Waals surface area contributed by atoms with E-state index < -0.39 is 5.97 Å². The lowest BCUT2D eigenvalue weighted by molar-refractivity contribution is -0.131. The predicted octanol–water partition coefficient (Wildman–Crippen LogP) is 2.58. The molecule has 2 aromatic rings. The van der Waals surface area contributed by atoms with Crippen molar-refractivity contribution in [1.82, 2.24) is 4.57 Å². The van der Waals surface area contributed by atoms with Gasteiger partial charge in [0.05, 0.1) is 0 Å². The van der Waals surface area contributed by atoms with Gasteiger partial charge in [-0.25, -0.2) is 4.79 Å². The van der Waals surface area contributed by atoms with Crippen LogP contribution in [-0.2, 0) is 11.8 Å². The van der Waals surface area contributed by atoms with Crippen molar-refractivity contribution in [3.8, 4) is 0 Å². The van der Waals surface area contributed by atoms with Gasteiger partial charge >= 0.3 is 5.97 Å². The number of fused-ring (bicyclic) bond motifs is 1. The number of carbonyl (C=O) groups is 1. The van der Waals surface area contributed by atoms with Crippen LogP contribution in [0.1, 0.15) is 11.1 Å². The molecule has 0 aliphatic rings. The van der Waals surface area contributed by atoms with Gasteiger partial charge in [-0.3, -0.25) is 0 Å². The van der Waals surface area contributed by atoms with Crippen LogP contribution < -0.4 is 0 Å². The van der Waals surface area contributed by atoms with Gasteiger partial charge in [0, 0.05) is 35.8 Å². The fraction of sp³-hybridized carbons (Fsp3) is 0.154. The summed E-state index contributed by atoms with van der Waals surface area (Å²) < 4.78 is 2.00. The van der Waals surface area contributed by atoms with Crippen molar-refractivity contribution >= 4 is 22.9 Å². The van der Waals surface area contributed by atoms with Gasteiger partial charge in [-0.2, -0.15) is 0 Å². The second-order valence-corrected chi connectivity index (χ2v) is 3.89. The Morgan fingerprint density at radius 2 is 2.19 bits per heavy atom. The molecule has 82 valence electrons. The maximum Gasteiger partial charge on any atom is 0.328 e. The van der Waals surface area contributed by atoms with E-state index in [4.69, 9.17) is 5.11 Å². The van der Waals surface area contributed by atoms with Gasteiger partial charge in [-0.15, -0.1) is 0 Å². The van der Waals surface area contributed by atoms with Crippen LogP contribution in [0.3, 0.4) is 0 Å². The van der Waals surface area contributed by atoms with Crippen LogP contribution in [-0.4, -0.2) is 15.6 Å². The molecule has 0 bridgehead atoms. The second kappa shape index (κ2) is 3.85. The highest BCUT2D eigenvalue weighted by Gasteiger charge is 2.04. The number of hydrogen-bond donors (Lipinski definition) is 1. The van der Waals surface area contributed by atoms with E-state index in [1.54, 1.807) is 6.08 Å². The van der Waals surface area contributed by atoms with E-state index in [0.717, 1.165) is 22.5 Å². The summed E-state index contributed by atoms with van der Waals surface area (Å²) in [6.45, 7) is 2.04. The summed E-state index contributed by atoms with van der Waals surface area (Å²) in [5.74, 6) is -0.927. The Labute approximate surface area is 93.6 Å². The molecule has 0 spiro atoms. The van der Waals surface area contributed by atoms with Crippen molar-refractivity contribution in [3.05, 3.63) is 41.6 Å². The molecule has 0 aliphatic heterocycles. The third-order valence-electron chi connectivity index (χ3n) is 2.58. The summed E-state index contributed by atoms with van der Waals surface area (Å²) in [5, 5.41) is 9.68. The average molecular weight is 215 g/mol. The Balaban J connectivity index is 2.59. The number of aromatic nitrogens is 1. The van der Waals surface area contributed by atoms with Crippen LogP contribution in [0.4, 0.5) is 0 Å². The van der Waals surface area contributed by atoms with Crippen LogP contribution in [0.5, 0.6) is 0 Å². The number of hydrogen-bond acceptors (Lipinski definition) is 1. The zero-order valence-corrected chi connectivity index (χ0v) is 9.27. The predicted molar refractivity (Wildman–Crippen MR) is 64.3 cm³/mol. The number of rotatable bonds is 2. The van der Waals surface area contributed by atoms with Crippen molar-refractivity contribution in [2.24, 2.45) is 7.05 Å². The molecule has 0 amide bonds. The number of benzene rings is 1. The standard InChI is InChI=1S/C13H13NO2/c1-9-3-5-11-10(4-6-13(15)16)8-14(2)12(11)7-9/h3-8H,1-2H3,(H,15,16)/b6-4+. The van der Waals surface area contributed by atoms with Crippen LogP contribution in [0.15, 0.2) is 30.5 Å². The monoisotopic (exact) mass is 215 g/mol. The lowest BCUT2D eigenvalue weighted by Gasteiger charge is -1.97. The maximum absolute atomic E-state index is 10.5. The van der Waals surface area contributed by atoms with Crippen molar-refractivity contribution in [2.75, 3.05) is 0 Å². The molecule has 0 saturated heterocycles. The molecule has 2 rings (SSSR count). The summed E-state index contributed by atoms with van der Waals surface area (Å²) in [6.07, 6.45) is 4.72. The third kappa shape index (κ3) is 1.84. The van der Waals surface area contributed by atoms with Crippen molar-refractivity contribution < 1.29 is 9.90 Å². The van der Waals surface area contributed by atoms with Crippen LogP contribution in [0.2, 0.25) is 0 Å². The number of nitrogens with zero attached hydrogens (tertiary/aromatic N) is 1. The molecule has 0 atom stereocenters. The van der Waals surface area contributed by atoms with E-state index in [9.17, 15) is 4.79 Å². The van der Waals surface area contributed by atoms with E-state index in [1.807, 2.05) is 36.9 Å². The van der Waals surface area contributed by atoms with Crippen LogP contribution in [0, 0.1) is 6.92 Å². The number of carboxylic acids is 1. The van der Waals surface area contributed by atoms with E-state index in [1.165, 1.54) is 5.56 Å². The summed E-state index contributed by atoms with van der Waals surface area (Å²) in [4.78, 5) is 10.5. The lowest BCUT2D eigenvalue weighted by Crippen LogP contribution is -1.85. The number of aryl methyl sites for hydroxylation is 2. The molecular weight excluding hydrogens is 202 g/mol. The first-order chi connectivity index (χ1) is 7.58. The van der Waals surface area contributed by atoms with Crippen molar-refractivity contribution in [3.63, 3.8) is 0 Å². The second-order valence-electron chi connectivity index (χ2n) is 3.89. The van der Waals surface area contributed by atoms with Gasteiger partial charge in [0.2, 0.25) is 0 Å². The molecule has 1 aromatic carbocycles. The normalized spacial score (nSPS) is 11.4. The molecule has 3 heteroatoms. The van der Waals surface area contributed by atoms with E-state index in [0.29, 0.717) is 0 Å². The maximum atomic E-state index is 10.5. The first kappa shape index (κ1) is 10.5. The van der Waals surface area contributed by atoms with Crippen molar-refractivity contribution in [1.29, 1.82) is 0 Å². The van der Waals surface area contributed by atoms with Crippen LogP contribution >= 0.6 is 0 Å². The largest absolute Gasteiger partial charge is 0.478 e. The Morgan fingerprint density at radius 1 is 1.44 bits per heavy atom. The fourth-order valence-electron chi connectivity index (χ4n) is 1.82. The molecule has 1 aromatic heterocycles. The van der Waals surface area contributed by atoms with Gasteiger partial charge in [0.15, 0.2) is 0 Å². The van der Waals surface area contributed by atoms with E-state index >= 15 is 0 Å². The van der Waals surface area contributed by atoms with Gasteiger partial charge in [-0.05, 0) is 24.6 Å². The Morgan fingerprint density at radius 3 is 2.88 bits per heavy atom. The SMILES string of the molecule is Cc1ccc2c(/C=C/C(=O)O)cn(C)c2c1. The third-order valence-corrected chi connectivity index (χ3v) is 2.58. The lowest BCUT2D eigenvalue weighted by atomic mass is 10.1. The molecule has 16 heavy (non-hydrogen) atoms. The minimum atomic E-state index is -0.927. The Hall–Kier alpha value is -2.03. The highest BCUT2D eigenvalue weighted by molar-refractivity contribution is 5.94. The zero-order valence-electron chi connectivity index (χ0n) is 9.27. The van der Waals surface area contributed by atoms with Crippen molar-refractivity contribution in [2.45, 2.75) is 6.92 Å². The zero-order chi connectivity index (χ0) is 11.7. The molecule has 0 saturated carbocycles. The number of carboxylic acid groups (broad SMARTS) is 1. The Bertz CT molecular complexity index is 579. The van der Waals surface area contributed by atoms with E-state index in [2.05, 4.69) is 6.07 Å². The van der Waals surface area contributed by atoms with Crippen LogP contribution in [0.25, 0.3) is 17.0 Å². The summed E-state index contributed by atoms with van der Waals surface area (Å²) >= 11 is 0. The molecule has 0 aliphatic carbocycles. The molecule has 1 N–H and O–H groups in total. The van der Waals surface area contributed by atoms with Gasteiger partial charge in [0.1, 0.15) is 0 Å². The first-order valence-corrected chi connectivity index (χ1v) is 5.04. The molecule has 0 radical (unpaired) electrons. The summed E-state index contributed by atoms with van der Waals surface area (Å²) in [6, 6.07) is 6.14. The Kier molecular flexibility index (Phi) is 2.52. The highest BCUT2D eigenvalue weighted by Crippen LogP contribution is 2.22. The number of aliphatic carboxylic acids is 1. The minimum absolute atomic E-state index is 0.927. The average Bonchev–Trinajstić information content (AvgIpc) is 2.53.